The first-order chi connectivity index (χ1) is 10.2. The van der Waals surface area contributed by atoms with Gasteiger partial charge in [-0.2, -0.15) is 13.2 Å². The van der Waals surface area contributed by atoms with E-state index < -0.39 is 23.7 Å². The molecule has 120 valence electrons. The van der Waals surface area contributed by atoms with E-state index in [4.69, 9.17) is 5.73 Å². The lowest BCUT2D eigenvalue weighted by Gasteiger charge is -2.45. The number of halogens is 3. The highest BCUT2D eigenvalue weighted by Crippen LogP contribution is 2.47. The lowest BCUT2D eigenvalue weighted by Crippen LogP contribution is -2.65. The Morgan fingerprint density at radius 1 is 1.32 bits per heavy atom. The minimum absolute atomic E-state index is 0.270. The number of carbonyl (C=O) groups excluding carboxylic acids is 1. The molecule has 0 heterocycles. The van der Waals surface area contributed by atoms with Crippen LogP contribution in [0.4, 0.5) is 13.2 Å². The summed E-state index contributed by atoms with van der Waals surface area (Å²) in [6, 6.07) is 8.40. The number of amides is 1. The van der Waals surface area contributed by atoms with Crippen LogP contribution in [0.3, 0.4) is 0 Å². The number of hydrogen-bond acceptors (Lipinski definition) is 2. The quantitative estimate of drug-likeness (QED) is 0.821. The van der Waals surface area contributed by atoms with Gasteiger partial charge in [-0.3, -0.25) is 4.79 Å². The van der Waals surface area contributed by atoms with E-state index in [1.54, 1.807) is 0 Å². The molecule has 1 aliphatic carbocycles. The number of carbonyl (C=O) groups is 1. The number of aryl methyl sites for hydroxylation is 1. The molecule has 1 saturated carbocycles. The lowest BCUT2D eigenvalue weighted by atomic mass is 9.72. The number of rotatable bonds is 5. The van der Waals surface area contributed by atoms with Crippen molar-refractivity contribution in [3.63, 3.8) is 0 Å². The molecule has 1 amide bonds. The van der Waals surface area contributed by atoms with E-state index >= 15 is 0 Å². The Kier molecular flexibility index (Phi) is 4.60. The topological polar surface area (TPSA) is 55.1 Å². The van der Waals surface area contributed by atoms with E-state index in [1.807, 2.05) is 30.3 Å². The second-order valence-corrected chi connectivity index (χ2v) is 5.80. The van der Waals surface area contributed by atoms with Crippen LogP contribution < -0.4 is 11.1 Å². The molecule has 1 aromatic rings. The van der Waals surface area contributed by atoms with Crippen molar-refractivity contribution in [2.75, 3.05) is 0 Å². The molecule has 3 N–H and O–H groups in total. The van der Waals surface area contributed by atoms with E-state index in [0.29, 0.717) is 18.4 Å². The summed E-state index contributed by atoms with van der Waals surface area (Å²) in [5, 5.41) is 2.09. The molecular weight excluding hydrogens is 293 g/mol. The third-order valence-corrected chi connectivity index (χ3v) is 3.93. The van der Waals surface area contributed by atoms with Gasteiger partial charge in [0.25, 0.3) is 0 Å². The minimum Gasteiger partial charge on any atom is -0.340 e. The molecule has 2 rings (SSSR count). The van der Waals surface area contributed by atoms with Gasteiger partial charge in [0, 0.05) is 12.8 Å². The van der Waals surface area contributed by atoms with Crippen LogP contribution in [0.5, 0.6) is 0 Å². The maximum atomic E-state index is 13.1. The van der Waals surface area contributed by atoms with Crippen LogP contribution in [0, 0.1) is 0 Å². The standard InChI is InChI=1S/C16H19F3N2O/c1-11-9-15(10-11,16(17,18)19)21-14(22)13(20)8-7-12-5-3-2-4-6-12/h2-6,13H,1,7-10,20H2,(H,21,22)/t13-/m0/s1. The van der Waals surface area contributed by atoms with Crippen LogP contribution in [0.15, 0.2) is 42.5 Å². The van der Waals surface area contributed by atoms with Crippen molar-refractivity contribution in [3.8, 4) is 0 Å². The summed E-state index contributed by atoms with van der Waals surface area (Å²) in [4.78, 5) is 12.0. The van der Waals surface area contributed by atoms with E-state index in [-0.39, 0.29) is 12.8 Å². The number of benzene rings is 1. The van der Waals surface area contributed by atoms with Crippen LogP contribution >= 0.6 is 0 Å². The Morgan fingerprint density at radius 3 is 2.41 bits per heavy atom. The van der Waals surface area contributed by atoms with Crippen LogP contribution in [0.25, 0.3) is 0 Å². The Hall–Kier alpha value is -1.82. The smallest absolute Gasteiger partial charge is 0.340 e. The fourth-order valence-corrected chi connectivity index (χ4v) is 2.59. The summed E-state index contributed by atoms with van der Waals surface area (Å²) in [6.07, 6.45) is -4.20. The van der Waals surface area contributed by atoms with E-state index in [2.05, 4.69) is 11.9 Å². The predicted molar refractivity (Wildman–Crippen MR) is 78.0 cm³/mol. The largest absolute Gasteiger partial charge is 0.412 e. The summed E-state index contributed by atoms with van der Waals surface area (Å²) >= 11 is 0. The molecule has 0 spiro atoms. The molecule has 0 radical (unpaired) electrons. The maximum Gasteiger partial charge on any atom is 0.412 e. The molecule has 1 aromatic carbocycles. The van der Waals surface area contributed by atoms with Crippen molar-refractivity contribution >= 4 is 5.91 Å². The third kappa shape index (κ3) is 3.50. The van der Waals surface area contributed by atoms with E-state index in [1.165, 1.54) is 0 Å². The first-order valence-electron chi connectivity index (χ1n) is 7.08. The Labute approximate surface area is 127 Å². The van der Waals surface area contributed by atoms with Gasteiger partial charge in [0.05, 0.1) is 6.04 Å². The normalized spacial score (nSPS) is 18.5. The van der Waals surface area contributed by atoms with Gasteiger partial charge in [0.15, 0.2) is 0 Å². The van der Waals surface area contributed by atoms with Gasteiger partial charge in [-0.05, 0) is 18.4 Å². The second kappa shape index (κ2) is 6.12. The van der Waals surface area contributed by atoms with Gasteiger partial charge in [-0.15, -0.1) is 0 Å². The molecule has 1 fully saturated rings. The highest BCUT2D eigenvalue weighted by molar-refractivity contribution is 5.82. The third-order valence-electron chi connectivity index (χ3n) is 3.93. The molecule has 6 heteroatoms. The maximum absolute atomic E-state index is 13.1. The van der Waals surface area contributed by atoms with Crippen molar-refractivity contribution in [1.82, 2.24) is 5.32 Å². The van der Waals surface area contributed by atoms with Crippen LogP contribution in [-0.4, -0.2) is 23.7 Å². The SMILES string of the molecule is C=C1CC(NC(=O)[C@@H](N)CCc2ccccc2)(C(F)(F)F)C1. The van der Waals surface area contributed by atoms with Crippen LogP contribution in [0.1, 0.15) is 24.8 Å². The average molecular weight is 312 g/mol. The number of nitrogens with one attached hydrogen (secondary N) is 1. The van der Waals surface area contributed by atoms with Gasteiger partial charge in [-0.25, -0.2) is 0 Å². The summed E-state index contributed by atoms with van der Waals surface area (Å²) in [5.41, 5.74) is 5.01. The van der Waals surface area contributed by atoms with Gasteiger partial charge in [0.1, 0.15) is 5.54 Å². The van der Waals surface area contributed by atoms with Crippen LogP contribution in [0.2, 0.25) is 0 Å². The van der Waals surface area contributed by atoms with Crippen molar-refractivity contribution in [2.45, 2.75) is 43.4 Å². The fourth-order valence-electron chi connectivity index (χ4n) is 2.59. The Bertz CT molecular complexity index is 546. The van der Waals surface area contributed by atoms with Crippen LogP contribution in [-0.2, 0) is 11.2 Å². The molecule has 22 heavy (non-hydrogen) atoms. The zero-order chi connectivity index (χ0) is 16.4. The average Bonchev–Trinajstić information content (AvgIpc) is 2.42. The predicted octanol–water partition coefficient (Wildman–Crippen LogP) is 2.71. The van der Waals surface area contributed by atoms with Crippen molar-refractivity contribution in [1.29, 1.82) is 0 Å². The molecule has 3 nitrogen and oxygen atoms in total. The molecule has 1 atom stereocenters. The Morgan fingerprint density at radius 2 is 1.91 bits per heavy atom. The number of hydrogen-bond donors (Lipinski definition) is 2. The van der Waals surface area contributed by atoms with Gasteiger partial charge in [-0.1, -0.05) is 42.5 Å². The summed E-state index contributed by atoms with van der Waals surface area (Å²) in [6.45, 7) is 3.51. The monoisotopic (exact) mass is 312 g/mol. The second-order valence-electron chi connectivity index (χ2n) is 5.80. The molecule has 0 saturated heterocycles. The zero-order valence-electron chi connectivity index (χ0n) is 12.1. The molecule has 1 aliphatic rings. The van der Waals surface area contributed by atoms with Gasteiger partial charge in [0.2, 0.25) is 5.91 Å². The highest BCUT2D eigenvalue weighted by Gasteiger charge is 2.60. The molecule has 0 bridgehead atoms. The zero-order valence-corrected chi connectivity index (χ0v) is 12.1. The van der Waals surface area contributed by atoms with Crippen molar-refractivity contribution < 1.29 is 18.0 Å². The Balaban J connectivity index is 1.92. The van der Waals surface area contributed by atoms with E-state index in [9.17, 15) is 18.0 Å². The van der Waals surface area contributed by atoms with Crippen molar-refractivity contribution in [3.05, 3.63) is 48.0 Å². The lowest BCUT2D eigenvalue weighted by molar-refractivity contribution is -0.209. The summed E-state index contributed by atoms with van der Waals surface area (Å²) < 4.78 is 39.3. The van der Waals surface area contributed by atoms with Gasteiger partial charge >= 0.3 is 6.18 Å². The van der Waals surface area contributed by atoms with Crippen molar-refractivity contribution in [2.24, 2.45) is 5.73 Å². The molecular formula is C16H19F3N2O. The molecule has 0 aromatic heterocycles. The summed E-state index contributed by atoms with van der Waals surface area (Å²) in [7, 11) is 0. The number of alkyl halides is 3. The first-order valence-corrected chi connectivity index (χ1v) is 7.08. The first kappa shape index (κ1) is 16.5. The van der Waals surface area contributed by atoms with Gasteiger partial charge < -0.3 is 11.1 Å². The molecule has 0 unspecified atom stereocenters. The molecule has 0 aliphatic heterocycles. The minimum atomic E-state index is -4.50. The fraction of sp³-hybridized carbons (Fsp3) is 0.438. The number of nitrogens with two attached hydrogens (primary N) is 1. The highest BCUT2D eigenvalue weighted by atomic mass is 19.4. The van der Waals surface area contributed by atoms with E-state index in [0.717, 1.165) is 5.56 Å². The summed E-state index contributed by atoms with van der Waals surface area (Å²) in [5.74, 6) is -0.763.